The van der Waals surface area contributed by atoms with Crippen LogP contribution in [0.2, 0.25) is 0 Å². The summed E-state index contributed by atoms with van der Waals surface area (Å²) in [6, 6.07) is 19.4. The molecule has 1 aliphatic heterocycles. The van der Waals surface area contributed by atoms with Gasteiger partial charge in [0.2, 0.25) is 5.91 Å². The highest BCUT2D eigenvalue weighted by molar-refractivity contribution is 5.95. The SMILES string of the molecule is CCn1nnc2c(C)c([C@H](c3ccc(C)c(CO)c3)[C@@H](C)C(=O)N3C(=O)OCC3Cc3ccccc3)ccc21. The number of hydrogen-bond donors (Lipinski definition) is 1. The van der Waals surface area contributed by atoms with E-state index in [0.29, 0.717) is 13.0 Å². The molecule has 3 atom stereocenters. The number of nitrogens with zero attached hydrogens (tertiary/aromatic N) is 4. The molecule has 39 heavy (non-hydrogen) atoms. The lowest BCUT2D eigenvalue weighted by atomic mass is 9.78. The van der Waals surface area contributed by atoms with Crippen molar-refractivity contribution < 1.29 is 19.4 Å². The maximum Gasteiger partial charge on any atom is 0.416 e. The van der Waals surface area contributed by atoms with E-state index < -0.39 is 12.0 Å². The van der Waals surface area contributed by atoms with Crippen LogP contribution in [0, 0.1) is 19.8 Å². The Hall–Kier alpha value is -4.04. The van der Waals surface area contributed by atoms with Crippen molar-refractivity contribution in [3.05, 3.63) is 94.0 Å². The highest BCUT2D eigenvalue weighted by atomic mass is 16.6. The highest BCUT2D eigenvalue weighted by Gasteiger charge is 2.42. The van der Waals surface area contributed by atoms with Crippen LogP contribution >= 0.6 is 0 Å². The van der Waals surface area contributed by atoms with Gasteiger partial charge in [0.25, 0.3) is 0 Å². The van der Waals surface area contributed by atoms with Crippen molar-refractivity contribution >= 4 is 23.0 Å². The van der Waals surface area contributed by atoms with Gasteiger partial charge in [-0.2, -0.15) is 0 Å². The van der Waals surface area contributed by atoms with Crippen LogP contribution in [0.25, 0.3) is 11.0 Å². The normalized spacial score (nSPS) is 16.9. The lowest BCUT2D eigenvalue weighted by Gasteiger charge is -2.30. The smallest absolute Gasteiger partial charge is 0.416 e. The van der Waals surface area contributed by atoms with Crippen molar-refractivity contribution in [1.82, 2.24) is 19.9 Å². The molecule has 1 fully saturated rings. The molecule has 2 heterocycles. The molecule has 2 amide bonds. The van der Waals surface area contributed by atoms with Crippen LogP contribution in [0.5, 0.6) is 0 Å². The minimum Gasteiger partial charge on any atom is -0.447 e. The topological polar surface area (TPSA) is 97.5 Å². The first-order valence-electron chi connectivity index (χ1n) is 13.4. The van der Waals surface area contributed by atoms with E-state index in [4.69, 9.17) is 4.74 Å². The van der Waals surface area contributed by atoms with Crippen molar-refractivity contribution in [1.29, 1.82) is 0 Å². The standard InChI is InChI=1S/C31H34N4O4/c1-5-34-27-14-13-26(20(3)29(27)32-33-34)28(23-12-11-19(2)24(16-23)17-36)21(4)30(37)35-25(18-39-31(35)38)15-22-9-7-6-8-10-22/h6-14,16,21,25,28,36H,5,15,17-18H2,1-4H3/t21-,25?,28+/m1/s1. The molecule has 202 valence electrons. The Balaban J connectivity index is 1.57. The summed E-state index contributed by atoms with van der Waals surface area (Å²) >= 11 is 0. The Bertz CT molecular complexity index is 1510. The molecule has 0 radical (unpaired) electrons. The second-order valence-electron chi connectivity index (χ2n) is 10.3. The fourth-order valence-electron chi connectivity index (χ4n) is 5.68. The zero-order valence-corrected chi connectivity index (χ0v) is 22.8. The molecule has 8 nitrogen and oxygen atoms in total. The number of hydrogen-bond acceptors (Lipinski definition) is 6. The van der Waals surface area contributed by atoms with Gasteiger partial charge < -0.3 is 9.84 Å². The summed E-state index contributed by atoms with van der Waals surface area (Å²) in [7, 11) is 0. The summed E-state index contributed by atoms with van der Waals surface area (Å²) in [5, 5.41) is 18.7. The minimum atomic E-state index is -0.607. The van der Waals surface area contributed by atoms with Crippen LogP contribution in [0.15, 0.2) is 60.7 Å². The molecule has 1 N–H and O–H groups in total. The number of aliphatic hydroxyl groups is 1. The number of cyclic esters (lactones) is 1. The molecule has 0 saturated carbocycles. The fourth-order valence-corrected chi connectivity index (χ4v) is 5.68. The maximum atomic E-state index is 14.1. The average Bonchev–Trinajstić information content (AvgIpc) is 3.54. The summed E-state index contributed by atoms with van der Waals surface area (Å²) in [4.78, 5) is 28.3. The monoisotopic (exact) mass is 526 g/mol. The van der Waals surface area contributed by atoms with Gasteiger partial charge in [-0.25, -0.2) is 14.4 Å². The van der Waals surface area contributed by atoms with Gasteiger partial charge in [0.1, 0.15) is 12.1 Å². The van der Waals surface area contributed by atoms with Crippen molar-refractivity contribution in [2.45, 2.75) is 59.2 Å². The fraction of sp³-hybridized carbons (Fsp3) is 0.355. The molecule has 8 heteroatoms. The molecule has 1 unspecified atom stereocenters. The number of benzene rings is 3. The van der Waals surface area contributed by atoms with E-state index in [2.05, 4.69) is 10.3 Å². The maximum absolute atomic E-state index is 14.1. The lowest BCUT2D eigenvalue weighted by molar-refractivity contribution is -0.133. The zero-order valence-electron chi connectivity index (χ0n) is 22.8. The lowest BCUT2D eigenvalue weighted by Crippen LogP contribution is -2.44. The molecular weight excluding hydrogens is 492 g/mol. The van der Waals surface area contributed by atoms with E-state index in [0.717, 1.165) is 44.4 Å². The van der Waals surface area contributed by atoms with Crippen molar-refractivity contribution in [3.8, 4) is 0 Å². The average molecular weight is 527 g/mol. The Morgan fingerprint density at radius 3 is 2.62 bits per heavy atom. The van der Waals surface area contributed by atoms with E-state index in [1.807, 2.05) is 93.0 Å². The van der Waals surface area contributed by atoms with Gasteiger partial charge in [0.05, 0.1) is 18.2 Å². The van der Waals surface area contributed by atoms with E-state index in [1.54, 1.807) is 0 Å². The molecule has 3 aromatic carbocycles. The van der Waals surface area contributed by atoms with Gasteiger partial charge in [-0.3, -0.25) is 4.79 Å². The van der Waals surface area contributed by atoms with Crippen molar-refractivity contribution in [3.63, 3.8) is 0 Å². The molecule has 0 aliphatic carbocycles. The first kappa shape index (κ1) is 26.6. The van der Waals surface area contributed by atoms with E-state index in [-0.39, 0.29) is 31.1 Å². The highest BCUT2D eigenvalue weighted by Crippen LogP contribution is 2.38. The second kappa shape index (κ2) is 11.0. The number of rotatable bonds is 8. The first-order chi connectivity index (χ1) is 18.8. The van der Waals surface area contributed by atoms with Gasteiger partial charge in [-0.05, 0) is 66.6 Å². The van der Waals surface area contributed by atoms with Gasteiger partial charge in [0.15, 0.2) is 0 Å². The number of amides is 2. The second-order valence-corrected chi connectivity index (χ2v) is 10.3. The quantitative estimate of drug-likeness (QED) is 0.350. The summed E-state index contributed by atoms with van der Waals surface area (Å²) in [6.07, 6.45) is -0.0791. The summed E-state index contributed by atoms with van der Waals surface area (Å²) in [5.74, 6) is -1.27. The number of aliphatic hydroxyl groups excluding tert-OH is 1. The minimum absolute atomic E-state index is 0.102. The predicted octanol–water partition coefficient (Wildman–Crippen LogP) is 4.92. The van der Waals surface area contributed by atoms with Crippen LogP contribution in [-0.2, 0) is 29.1 Å². The van der Waals surface area contributed by atoms with E-state index >= 15 is 0 Å². The summed E-state index contributed by atoms with van der Waals surface area (Å²) < 4.78 is 7.22. The molecule has 0 bridgehead atoms. The molecule has 0 spiro atoms. The summed E-state index contributed by atoms with van der Waals surface area (Å²) in [6.45, 7) is 8.60. The Labute approximate surface area is 228 Å². The third kappa shape index (κ3) is 4.92. The zero-order chi connectivity index (χ0) is 27.7. The van der Waals surface area contributed by atoms with Crippen LogP contribution in [0.4, 0.5) is 4.79 Å². The number of fused-ring (bicyclic) bond motifs is 1. The number of aromatic nitrogens is 3. The number of imide groups is 1. The molecule has 1 aromatic heterocycles. The number of carbonyl (C=O) groups is 2. The van der Waals surface area contributed by atoms with Gasteiger partial charge >= 0.3 is 6.09 Å². The Morgan fingerprint density at radius 1 is 1.13 bits per heavy atom. The van der Waals surface area contributed by atoms with Gasteiger partial charge in [-0.15, -0.1) is 5.10 Å². The molecular formula is C31H34N4O4. The number of ether oxygens (including phenoxy) is 1. The van der Waals surface area contributed by atoms with Gasteiger partial charge in [-0.1, -0.05) is 66.7 Å². The number of carbonyl (C=O) groups excluding carboxylic acids is 2. The molecule has 1 saturated heterocycles. The molecule has 4 aromatic rings. The van der Waals surface area contributed by atoms with E-state index in [1.165, 1.54) is 4.90 Å². The largest absolute Gasteiger partial charge is 0.447 e. The Kier molecular flexibility index (Phi) is 7.48. The van der Waals surface area contributed by atoms with Crippen molar-refractivity contribution in [2.75, 3.05) is 6.61 Å². The van der Waals surface area contributed by atoms with Crippen LogP contribution < -0.4 is 0 Å². The third-order valence-corrected chi connectivity index (χ3v) is 7.92. The predicted molar refractivity (Wildman–Crippen MR) is 148 cm³/mol. The van der Waals surface area contributed by atoms with Gasteiger partial charge in [0, 0.05) is 18.4 Å². The molecule has 1 aliphatic rings. The summed E-state index contributed by atoms with van der Waals surface area (Å²) in [5.41, 5.74) is 7.30. The number of aryl methyl sites for hydroxylation is 3. The third-order valence-electron chi connectivity index (χ3n) is 7.92. The van der Waals surface area contributed by atoms with Crippen LogP contribution in [0.3, 0.4) is 0 Å². The van der Waals surface area contributed by atoms with Crippen LogP contribution in [-0.4, -0.2) is 49.6 Å². The van der Waals surface area contributed by atoms with E-state index in [9.17, 15) is 14.7 Å². The first-order valence-corrected chi connectivity index (χ1v) is 13.4. The Morgan fingerprint density at radius 2 is 1.90 bits per heavy atom. The van der Waals surface area contributed by atoms with Crippen LogP contribution in [0.1, 0.15) is 53.1 Å². The molecule has 5 rings (SSSR count). The van der Waals surface area contributed by atoms with Crippen molar-refractivity contribution in [2.24, 2.45) is 5.92 Å².